The highest BCUT2D eigenvalue weighted by Crippen LogP contribution is 2.08. The van der Waals surface area contributed by atoms with Crippen LogP contribution in [0.2, 0.25) is 0 Å². The number of aliphatic carboxylic acids is 1. The molecule has 1 aromatic heterocycles. The molecular formula is C11H17N3O3. The number of aromatic nitrogens is 2. The van der Waals surface area contributed by atoms with Crippen LogP contribution in [-0.2, 0) is 4.79 Å². The average Bonchev–Trinajstić information content (AvgIpc) is 2.23. The second-order valence-electron chi connectivity index (χ2n) is 4.09. The largest absolute Gasteiger partial charge is 0.481 e. The predicted octanol–water partition coefficient (Wildman–Crippen LogP) is 1.17. The Morgan fingerprint density at radius 2 is 2.29 bits per heavy atom. The first-order valence-corrected chi connectivity index (χ1v) is 5.56. The lowest BCUT2D eigenvalue weighted by Crippen LogP contribution is -2.15. The summed E-state index contributed by atoms with van der Waals surface area (Å²) < 4.78 is 0. The number of hydrogen-bond acceptors (Lipinski definition) is 4. The van der Waals surface area contributed by atoms with Crippen molar-refractivity contribution in [2.45, 2.75) is 32.6 Å². The second-order valence-corrected chi connectivity index (χ2v) is 4.09. The van der Waals surface area contributed by atoms with Crippen molar-refractivity contribution < 1.29 is 9.90 Å². The maximum absolute atomic E-state index is 11.3. The first kappa shape index (κ1) is 13.2. The molecule has 0 amide bonds. The highest BCUT2D eigenvalue weighted by atomic mass is 16.4. The van der Waals surface area contributed by atoms with E-state index in [1.54, 1.807) is 0 Å². The van der Waals surface area contributed by atoms with Gasteiger partial charge in [0, 0.05) is 24.9 Å². The Bertz CT molecular complexity index is 440. The highest BCUT2D eigenvalue weighted by molar-refractivity contribution is 5.66. The van der Waals surface area contributed by atoms with Crippen molar-refractivity contribution in [3.8, 4) is 0 Å². The molecule has 3 N–H and O–H groups in total. The number of hydrogen-bond donors (Lipinski definition) is 3. The Labute approximate surface area is 99.1 Å². The number of nitrogens with one attached hydrogen (secondary N) is 2. The molecule has 17 heavy (non-hydrogen) atoms. The van der Waals surface area contributed by atoms with Crippen LogP contribution >= 0.6 is 0 Å². The molecule has 1 aromatic rings. The summed E-state index contributed by atoms with van der Waals surface area (Å²) in [6, 6.07) is 1.37. The molecule has 0 fully saturated rings. The number of carbonyl (C=O) groups is 1. The highest BCUT2D eigenvalue weighted by Gasteiger charge is 2.04. The van der Waals surface area contributed by atoms with E-state index < -0.39 is 5.97 Å². The summed E-state index contributed by atoms with van der Waals surface area (Å²) in [6.07, 6.45) is 0.605. The number of nitrogens with zero attached hydrogens (tertiary/aromatic N) is 1. The van der Waals surface area contributed by atoms with Gasteiger partial charge in [0.05, 0.1) is 0 Å². The average molecular weight is 239 g/mol. The van der Waals surface area contributed by atoms with E-state index >= 15 is 0 Å². The maximum atomic E-state index is 11.3. The Balaban J connectivity index is 2.59. The fourth-order valence-corrected chi connectivity index (χ4v) is 1.30. The van der Waals surface area contributed by atoms with E-state index in [0.29, 0.717) is 24.6 Å². The molecule has 0 aromatic carbocycles. The summed E-state index contributed by atoms with van der Waals surface area (Å²) in [5, 5.41) is 11.4. The van der Waals surface area contributed by atoms with Gasteiger partial charge in [-0.1, -0.05) is 13.8 Å². The SMILES string of the molecule is CC(C)c1nc(NCCCC(=O)O)cc(=O)[nH]1. The van der Waals surface area contributed by atoms with E-state index in [9.17, 15) is 9.59 Å². The van der Waals surface area contributed by atoms with Gasteiger partial charge in [-0.15, -0.1) is 0 Å². The molecule has 0 unspecified atom stereocenters. The lowest BCUT2D eigenvalue weighted by atomic mass is 10.2. The lowest BCUT2D eigenvalue weighted by molar-refractivity contribution is -0.137. The summed E-state index contributed by atoms with van der Waals surface area (Å²) in [6.45, 7) is 4.36. The molecule has 0 atom stereocenters. The fourth-order valence-electron chi connectivity index (χ4n) is 1.30. The Morgan fingerprint density at radius 1 is 1.59 bits per heavy atom. The van der Waals surface area contributed by atoms with Gasteiger partial charge in [-0.05, 0) is 6.42 Å². The van der Waals surface area contributed by atoms with Crippen LogP contribution in [0.1, 0.15) is 38.4 Å². The van der Waals surface area contributed by atoms with Crippen molar-refractivity contribution in [1.82, 2.24) is 9.97 Å². The molecule has 0 saturated carbocycles. The summed E-state index contributed by atoms with van der Waals surface area (Å²) in [5.41, 5.74) is -0.204. The number of carboxylic acids is 1. The van der Waals surface area contributed by atoms with Gasteiger partial charge < -0.3 is 15.4 Å². The molecule has 6 heteroatoms. The van der Waals surface area contributed by atoms with Crippen LogP contribution in [0, 0.1) is 0 Å². The molecule has 0 saturated heterocycles. The number of anilines is 1. The minimum absolute atomic E-state index is 0.104. The van der Waals surface area contributed by atoms with Crippen molar-refractivity contribution in [3.05, 3.63) is 22.2 Å². The van der Waals surface area contributed by atoms with Gasteiger partial charge in [-0.2, -0.15) is 0 Å². The van der Waals surface area contributed by atoms with Gasteiger partial charge >= 0.3 is 5.97 Å². The number of H-pyrrole nitrogens is 1. The number of aromatic amines is 1. The van der Waals surface area contributed by atoms with Crippen molar-refractivity contribution in [2.75, 3.05) is 11.9 Å². The van der Waals surface area contributed by atoms with Crippen molar-refractivity contribution in [3.63, 3.8) is 0 Å². The molecule has 0 aliphatic carbocycles. The topological polar surface area (TPSA) is 95.1 Å². The van der Waals surface area contributed by atoms with Crippen LogP contribution in [0.3, 0.4) is 0 Å². The van der Waals surface area contributed by atoms with E-state index in [2.05, 4.69) is 15.3 Å². The van der Waals surface area contributed by atoms with Gasteiger partial charge in [-0.25, -0.2) is 4.98 Å². The molecule has 0 bridgehead atoms. The van der Waals surface area contributed by atoms with E-state index in [1.807, 2.05) is 13.8 Å². The molecule has 0 aliphatic heterocycles. The zero-order valence-corrected chi connectivity index (χ0v) is 9.99. The van der Waals surface area contributed by atoms with Crippen LogP contribution in [0.4, 0.5) is 5.82 Å². The van der Waals surface area contributed by atoms with Gasteiger partial charge in [0.25, 0.3) is 5.56 Å². The van der Waals surface area contributed by atoms with Crippen LogP contribution in [0.5, 0.6) is 0 Å². The van der Waals surface area contributed by atoms with E-state index in [-0.39, 0.29) is 17.9 Å². The van der Waals surface area contributed by atoms with Gasteiger partial charge in [0.1, 0.15) is 11.6 Å². The third-order valence-electron chi connectivity index (χ3n) is 2.18. The van der Waals surface area contributed by atoms with Gasteiger partial charge in [0.15, 0.2) is 0 Å². The third kappa shape index (κ3) is 4.67. The fraction of sp³-hybridized carbons (Fsp3) is 0.545. The monoisotopic (exact) mass is 239 g/mol. The Kier molecular flexibility index (Phi) is 4.68. The van der Waals surface area contributed by atoms with Crippen LogP contribution in [0.25, 0.3) is 0 Å². The van der Waals surface area contributed by atoms with Crippen molar-refractivity contribution >= 4 is 11.8 Å². The summed E-state index contributed by atoms with van der Waals surface area (Å²) in [7, 11) is 0. The van der Waals surface area contributed by atoms with Crippen LogP contribution < -0.4 is 10.9 Å². The summed E-state index contributed by atoms with van der Waals surface area (Å²) in [5.74, 6) is 0.429. The van der Waals surface area contributed by atoms with Gasteiger partial charge in [0.2, 0.25) is 0 Å². The lowest BCUT2D eigenvalue weighted by Gasteiger charge is -2.08. The minimum Gasteiger partial charge on any atom is -0.481 e. The van der Waals surface area contributed by atoms with E-state index in [1.165, 1.54) is 6.07 Å². The molecule has 6 nitrogen and oxygen atoms in total. The standard InChI is InChI=1S/C11H17N3O3/c1-7(2)11-13-8(6-9(15)14-11)12-5-3-4-10(16)17/h6-7H,3-5H2,1-2H3,(H,16,17)(H2,12,13,14,15). The first-order valence-electron chi connectivity index (χ1n) is 5.56. The zero-order chi connectivity index (χ0) is 12.8. The molecule has 94 valence electrons. The van der Waals surface area contributed by atoms with E-state index in [0.717, 1.165) is 0 Å². The maximum Gasteiger partial charge on any atom is 0.303 e. The molecule has 1 heterocycles. The second kappa shape index (κ2) is 6.03. The van der Waals surface area contributed by atoms with Crippen LogP contribution in [0.15, 0.2) is 10.9 Å². The molecule has 0 aliphatic rings. The smallest absolute Gasteiger partial charge is 0.303 e. The number of carboxylic acid groups (broad SMARTS) is 1. The van der Waals surface area contributed by atoms with Crippen LogP contribution in [-0.4, -0.2) is 27.6 Å². The summed E-state index contributed by atoms with van der Waals surface area (Å²) >= 11 is 0. The number of rotatable bonds is 6. The predicted molar refractivity (Wildman–Crippen MR) is 64.3 cm³/mol. The summed E-state index contributed by atoms with van der Waals surface area (Å²) in [4.78, 5) is 28.5. The minimum atomic E-state index is -0.825. The molecule has 1 rings (SSSR count). The van der Waals surface area contributed by atoms with E-state index in [4.69, 9.17) is 5.11 Å². The first-order chi connectivity index (χ1) is 7.99. The van der Waals surface area contributed by atoms with Crippen molar-refractivity contribution in [1.29, 1.82) is 0 Å². The zero-order valence-electron chi connectivity index (χ0n) is 9.99. The normalized spacial score (nSPS) is 10.5. The van der Waals surface area contributed by atoms with Gasteiger partial charge in [-0.3, -0.25) is 9.59 Å². The quantitative estimate of drug-likeness (QED) is 0.648. The van der Waals surface area contributed by atoms with Crippen molar-refractivity contribution in [2.24, 2.45) is 0 Å². The Morgan fingerprint density at radius 3 is 2.88 bits per heavy atom. The third-order valence-corrected chi connectivity index (χ3v) is 2.18. The molecule has 0 spiro atoms. The Hall–Kier alpha value is -1.85. The molecular weight excluding hydrogens is 222 g/mol. The molecule has 0 radical (unpaired) electrons.